The topological polar surface area (TPSA) is 43.7 Å². The Balaban J connectivity index is 1.62. The van der Waals surface area contributed by atoms with Gasteiger partial charge in [-0.15, -0.1) is 0 Å². The molecule has 6 heteroatoms. The zero-order chi connectivity index (χ0) is 25.9. The molecule has 0 unspecified atom stereocenters. The number of rotatable bonds is 5. The summed E-state index contributed by atoms with van der Waals surface area (Å²) in [5, 5.41) is 1.44. The van der Waals surface area contributed by atoms with Crippen molar-refractivity contribution < 1.29 is 14.0 Å². The summed E-state index contributed by atoms with van der Waals surface area (Å²) in [6.07, 6.45) is 5.62. The van der Waals surface area contributed by atoms with Crippen LogP contribution in [0.15, 0.2) is 30.5 Å². The van der Waals surface area contributed by atoms with Crippen LogP contribution in [0.2, 0.25) is 18.1 Å². The molecule has 2 aromatic rings. The van der Waals surface area contributed by atoms with E-state index in [1.165, 1.54) is 10.9 Å². The van der Waals surface area contributed by atoms with Crippen molar-refractivity contribution in [2.24, 2.45) is 0 Å². The van der Waals surface area contributed by atoms with E-state index in [-0.39, 0.29) is 11.1 Å². The molecular weight excluding hydrogens is 452 g/mol. The van der Waals surface area contributed by atoms with Crippen molar-refractivity contribution in [3.63, 3.8) is 0 Å². The monoisotopic (exact) mass is 496 g/mol. The molecule has 3 rings (SSSR count). The number of piperidine rings is 1. The van der Waals surface area contributed by atoms with E-state index in [0.29, 0.717) is 19.1 Å². The number of ether oxygens (including phenoxy) is 1. The Morgan fingerprint density at radius 1 is 1.09 bits per heavy atom. The maximum atomic E-state index is 12.4. The summed E-state index contributed by atoms with van der Waals surface area (Å²) in [6.45, 7) is 19.3. The largest absolute Gasteiger partial charge is 0.444 e. The van der Waals surface area contributed by atoms with Gasteiger partial charge in [-0.25, -0.2) is 4.79 Å². The normalized spacial score (nSPS) is 15.7. The highest BCUT2D eigenvalue weighted by Crippen LogP contribution is 2.36. The highest BCUT2D eigenvalue weighted by Gasteiger charge is 2.36. The van der Waals surface area contributed by atoms with Gasteiger partial charge in [0, 0.05) is 49.3 Å². The number of hydrogen-bond acceptors (Lipinski definition) is 3. The van der Waals surface area contributed by atoms with Crippen LogP contribution in [-0.4, -0.2) is 49.2 Å². The van der Waals surface area contributed by atoms with Crippen molar-refractivity contribution in [1.82, 2.24) is 9.47 Å². The summed E-state index contributed by atoms with van der Waals surface area (Å²) in [5.41, 5.74) is 1.84. The highest BCUT2D eigenvalue weighted by atomic mass is 28.4. The van der Waals surface area contributed by atoms with Gasteiger partial charge in [-0.1, -0.05) is 50.8 Å². The molecule has 0 spiro atoms. The lowest BCUT2D eigenvalue weighted by atomic mass is 10.0. The second-order valence-electron chi connectivity index (χ2n) is 12.2. The summed E-state index contributed by atoms with van der Waals surface area (Å²) in [7, 11) is -1.69. The van der Waals surface area contributed by atoms with Crippen LogP contribution in [0.3, 0.4) is 0 Å². The maximum Gasteiger partial charge on any atom is 0.410 e. The third-order valence-corrected chi connectivity index (χ3v) is 11.7. The zero-order valence-corrected chi connectivity index (χ0v) is 24.0. The molecule has 35 heavy (non-hydrogen) atoms. The number of carbonyl (C=O) groups excluding carboxylic acids is 1. The lowest BCUT2D eigenvalue weighted by molar-refractivity contribution is 0.0189. The third-order valence-electron chi connectivity index (χ3n) is 7.19. The Labute approximate surface area is 213 Å². The number of para-hydroxylation sites is 1. The average Bonchev–Trinajstić information content (AvgIpc) is 3.13. The lowest BCUT2D eigenvalue weighted by Crippen LogP contribution is -2.42. The van der Waals surface area contributed by atoms with E-state index in [0.717, 1.165) is 37.9 Å². The van der Waals surface area contributed by atoms with E-state index >= 15 is 0 Å². The minimum absolute atomic E-state index is 0.211. The summed E-state index contributed by atoms with van der Waals surface area (Å²) >= 11 is 0. The molecule has 2 heterocycles. The fourth-order valence-corrected chi connectivity index (χ4v) is 5.21. The van der Waals surface area contributed by atoms with E-state index < -0.39 is 13.9 Å². The summed E-state index contributed by atoms with van der Waals surface area (Å²) in [4.78, 5) is 14.3. The van der Waals surface area contributed by atoms with Gasteiger partial charge < -0.3 is 18.6 Å². The van der Waals surface area contributed by atoms with Crippen molar-refractivity contribution in [1.29, 1.82) is 0 Å². The molecule has 1 aromatic carbocycles. The van der Waals surface area contributed by atoms with Crippen molar-refractivity contribution in [2.75, 3.05) is 19.7 Å². The van der Waals surface area contributed by atoms with Crippen molar-refractivity contribution in [2.45, 2.75) is 97.0 Å². The number of carbonyl (C=O) groups is 1. The second-order valence-corrected chi connectivity index (χ2v) is 17.0. The van der Waals surface area contributed by atoms with Crippen molar-refractivity contribution in [3.05, 3.63) is 36.0 Å². The number of benzene rings is 1. The van der Waals surface area contributed by atoms with Crippen LogP contribution in [0.1, 0.15) is 78.8 Å². The molecule has 1 aromatic heterocycles. The fraction of sp³-hybridized carbons (Fsp3) is 0.621. The Bertz CT molecular complexity index is 1070. The van der Waals surface area contributed by atoms with E-state index in [1.807, 2.05) is 25.7 Å². The first-order valence-electron chi connectivity index (χ1n) is 13.0. The molecule has 1 aliphatic heterocycles. The van der Waals surface area contributed by atoms with Crippen LogP contribution >= 0.6 is 0 Å². The van der Waals surface area contributed by atoms with Crippen LogP contribution in [0.4, 0.5) is 4.79 Å². The molecule has 0 bridgehead atoms. The zero-order valence-electron chi connectivity index (χ0n) is 23.0. The second kappa shape index (κ2) is 10.8. The maximum absolute atomic E-state index is 12.4. The van der Waals surface area contributed by atoms with Gasteiger partial charge in [-0.05, 0) is 64.2 Å². The van der Waals surface area contributed by atoms with Gasteiger partial charge >= 0.3 is 6.09 Å². The Morgan fingerprint density at radius 3 is 2.37 bits per heavy atom. The first-order chi connectivity index (χ1) is 16.3. The number of aromatic nitrogens is 1. The third kappa shape index (κ3) is 7.14. The molecule has 1 aliphatic rings. The van der Waals surface area contributed by atoms with Gasteiger partial charge in [0.25, 0.3) is 0 Å². The van der Waals surface area contributed by atoms with Crippen LogP contribution in [-0.2, 0) is 9.16 Å². The summed E-state index contributed by atoms with van der Waals surface area (Å²) in [5.74, 6) is 6.81. The van der Waals surface area contributed by atoms with Gasteiger partial charge in [0.1, 0.15) is 5.60 Å². The quantitative estimate of drug-likeness (QED) is 0.247. The Morgan fingerprint density at radius 2 is 1.74 bits per heavy atom. The summed E-state index contributed by atoms with van der Waals surface area (Å²) in [6, 6.07) is 8.85. The lowest BCUT2D eigenvalue weighted by Gasteiger charge is -2.36. The van der Waals surface area contributed by atoms with E-state index in [1.54, 1.807) is 0 Å². The van der Waals surface area contributed by atoms with Crippen LogP contribution in [0.5, 0.6) is 0 Å². The number of hydrogen-bond donors (Lipinski definition) is 0. The van der Waals surface area contributed by atoms with Gasteiger partial charge in [0.05, 0.1) is 5.56 Å². The molecule has 0 atom stereocenters. The standard InChI is InChI=1S/C29H44N2O3Si/c1-28(2,3)34-27(32)30-19-17-24(18-20-30)31-22-23(25-15-11-12-16-26(25)31)14-10-9-13-21-33-35(7,8)29(4,5)6/h11-12,15-16,22,24H,9,13,17-21H2,1-8H3. The number of fused-ring (bicyclic) bond motifs is 1. The molecule has 0 saturated carbocycles. The van der Waals surface area contributed by atoms with Crippen molar-refractivity contribution >= 4 is 25.3 Å². The fourth-order valence-electron chi connectivity index (χ4n) is 4.12. The highest BCUT2D eigenvalue weighted by molar-refractivity contribution is 6.74. The van der Waals surface area contributed by atoms with Gasteiger partial charge in [-0.2, -0.15) is 0 Å². The Hall–Kier alpha value is -2.23. The van der Waals surface area contributed by atoms with E-state index in [4.69, 9.17) is 9.16 Å². The van der Waals surface area contributed by atoms with E-state index in [2.05, 4.69) is 80.7 Å². The molecule has 0 aliphatic carbocycles. The predicted octanol–water partition coefficient (Wildman–Crippen LogP) is 7.37. The van der Waals surface area contributed by atoms with Crippen LogP contribution in [0, 0.1) is 11.8 Å². The smallest absolute Gasteiger partial charge is 0.410 e. The van der Waals surface area contributed by atoms with Crippen LogP contribution < -0.4 is 0 Å². The summed E-state index contributed by atoms with van der Waals surface area (Å²) < 4.78 is 14.2. The first kappa shape index (κ1) is 27.4. The number of nitrogens with zero attached hydrogens (tertiary/aromatic N) is 2. The minimum Gasteiger partial charge on any atom is -0.444 e. The first-order valence-corrected chi connectivity index (χ1v) is 15.9. The van der Waals surface area contributed by atoms with Crippen molar-refractivity contribution in [3.8, 4) is 11.8 Å². The van der Waals surface area contributed by atoms with Gasteiger partial charge in [0.15, 0.2) is 8.32 Å². The predicted molar refractivity (Wildman–Crippen MR) is 147 cm³/mol. The number of likely N-dealkylation sites (tertiary alicyclic amines) is 1. The molecule has 5 nitrogen and oxygen atoms in total. The van der Waals surface area contributed by atoms with Gasteiger partial charge in [-0.3, -0.25) is 0 Å². The molecular formula is C29H44N2O3Si. The van der Waals surface area contributed by atoms with Gasteiger partial charge in [0.2, 0.25) is 0 Å². The molecule has 1 saturated heterocycles. The van der Waals surface area contributed by atoms with Crippen LogP contribution in [0.25, 0.3) is 10.9 Å². The number of unbranched alkanes of at least 4 members (excludes halogenated alkanes) is 1. The molecule has 1 fully saturated rings. The number of amides is 1. The SMILES string of the molecule is CC(C)(C)OC(=O)N1CCC(n2cc(C#CCCCO[Si](C)(C)C(C)(C)C)c3ccccc32)CC1. The minimum atomic E-state index is -1.69. The average molecular weight is 497 g/mol. The molecule has 192 valence electrons. The Kier molecular flexibility index (Phi) is 8.44. The molecule has 0 radical (unpaired) electrons. The van der Waals surface area contributed by atoms with E-state index in [9.17, 15) is 4.79 Å². The molecule has 1 amide bonds. The molecule has 0 N–H and O–H groups in total.